The van der Waals surface area contributed by atoms with Gasteiger partial charge in [-0.15, -0.1) is 22.7 Å². The van der Waals surface area contributed by atoms with Crippen LogP contribution in [0.1, 0.15) is 15.4 Å². The number of aryl methyl sites for hydroxylation is 1. The molecular weight excluding hydrogens is 298 g/mol. The number of nitrogens with one attached hydrogen (secondary N) is 1. The van der Waals surface area contributed by atoms with Gasteiger partial charge in [0.2, 0.25) is 0 Å². The fraction of sp³-hybridized carbons (Fsp3) is 0.111. The summed E-state index contributed by atoms with van der Waals surface area (Å²) in [6.07, 6.45) is 0. The van der Waals surface area contributed by atoms with Gasteiger partial charge in [-0.1, -0.05) is 11.6 Å². The van der Waals surface area contributed by atoms with Gasteiger partial charge in [0.25, 0.3) is 11.6 Å². The van der Waals surface area contributed by atoms with Gasteiger partial charge in [-0.05, 0) is 6.92 Å². The first-order valence-corrected chi connectivity index (χ1v) is 6.72. The predicted octanol–water partition coefficient (Wildman–Crippen LogP) is 3.33. The molecular formula is C9H6ClN3O3S2. The second kappa shape index (κ2) is 5.01. The quantitative estimate of drug-likeness (QED) is 0.696. The molecule has 2 aromatic heterocycles. The average molecular weight is 304 g/mol. The number of rotatable bonds is 3. The Bertz CT molecular complexity index is 622. The third-order valence-electron chi connectivity index (χ3n) is 1.93. The molecule has 0 atom stereocenters. The van der Waals surface area contributed by atoms with Crippen LogP contribution in [0.15, 0.2) is 11.4 Å². The number of carbonyl (C=O) groups excluding carboxylic acids is 1. The molecule has 2 aromatic rings. The number of carbonyl (C=O) groups is 1. The number of thiophene rings is 1. The number of amides is 1. The van der Waals surface area contributed by atoms with E-state index in [9.17, 15) is 14.9 Å². The predicted molar refractivity (Wildman–Crippen MR) is 70.8 cm³/mol. The average Bonchev–Trinajstić information content (AvgIpc) is 2.85. The van der Waals surface area contributed by atoms with Crippen molar-refractivity contribution < 1.29 is 9.72 Å². The SMILES string of the molecule is Cc1csc(NC(=O)c2cc([N+](=O)[O-])c(Cl)s2)n1. The van der Waals surface area contributed by atoms with Crippen LogP contribution >= 0.6 is 34.3 Å². The van der Waals surface area contributed by atoms with Gasteiger partial charge >= 0.3 is 0 Å². The summed E-state index contributed by atoms with van der Waals surface area (Å²) in [6, 6.07) is 1.16. The van der Waals surface area contributed by atoms with Crippen molar-refractivity contribution in [2.75, 3.05) is 5.32 Å². The minimum absolute atomic E-state index is 0.0135. The molecule has 0 aromatic carbocycles. The van der Waals surface area contributed by atoms with Crippen molar-refractivity contribution in [1.82, 2.24) is 4.98 Å². The first kappa shape index (κ1) is 12.9. The molecule has 18 heavy (non-hydrogen) atoms. The number of halogens is 1. The lowest BCUT2D eigenvalue weighted by Crippen LogP contribution is -2.09. The zero-order valence-corrected chi connectivity index (χ0v) is 11.4. The molecule has 0 spiro atoms. The maximum atomic E-state index is 11.8. The molecule has 0 radical (unpaired) electrons. The largest absolute Gasteiger partial charge is 0.299 e. The molecule has 0 aliphatic heterocycles. The van der Waals surface area contributed by atoms with Crippen LogP contribution in [0.2, 0.25) is 4.34 Å². The van der Waals surface area contributed by atoms with Gasteiger partial charge in [0.05, 0.1) is 10.6 Å². The van der Waals surface area contributed by atoms with Crippen molar-refractivity contribution in [2.24, 2.45) is 0 Å². The van der Waals surface area contributed by atoms with Crippen molar-refractivity contribution >= 4 is 51.0 Å². The molecule has 0 aliphatic rings. The molecule has 0 unspecified atom stereocenters. The maximum Gasteiger partial charge on any atom is 0.299 e. The van der Waals surface area contributed by atoms with E-state index in [-0.39, 0.29) is 14.9 Å². The van der Waals surface area contributed by atoms with E-state index in [2.05, 4.69) is 10.3 Å². The summed E-state index contributed by atoms with van der Waals surface area (Å²) in [4.78, 5) is 26.0. The number of hydrogen-bond acceptors (Lipinski definition) is 6. The maximum absolute atomic E-state index is 11.8. The summed E-state index contributed by atoms with van der Waals surface area (Å²) in [6.45, 7) is 1.80. The van der Waals surface area contributed by atoms with Gasteiger partial charge in [-0.3, -0.25) is 20.2 Å². The fourth-order valence-electron chi connectivity index (χ4n) is 1.17. The Labute approximate surface area is 114 Å². The first-order valence-electron chi connectivity index (χ1n) is 4.64. The normalized spacial score (nSPS) is 10.3. The van der Waals surface area contributed by atoms with E-state index in [1.165, 1.54) is 11.3 Å². The highest BCUT2D eigenvalue weighted by molar-refractivity contribution is 7.19. The molecule has 0 fully saturated rings. The third-order valence-corrected chi connectivity index (χ3v) is 4.14. The molecule has 1 N–H and O–H groups in total. The molecule has 0 saturated carbocycles. The molecule has 2 heterocycles. The Morgan fingerprint density at radius 1 is 1.61 bits per heavy atom. The van der Waals surface area contributed by atoms with E-state index in [1.54, 1.807) is 12.3 Å². The van der Waals surface area contributed by atoms with Gasteiger partial charge in [0, 0.05) is 11.4 Å². The van der Waals surface area contributed by atoms with E-state index in [0.29, 0.717) is 5.13 Å². The number of hydrogen-bond donors (Lipinski definition) is 1. The first-order chi connectivity index (χ1) is 8.47. The van der Waals surface area contributed by atoms with Gasteiger partial charge in [0.15, 0.2) is 9.47 Å². The summed E-state index contributed by atoms with van der Waals surface area (Å²) in [5, 5.41) is 15.4. The van der Waals surface area contributed by atoms with Crippen LogP contribution in [-0.4, -0.2) is 15.8 Å². The van der Waals surface area contributed by atoms with Crippen LogP contribution in [0.25, 0.3) is 0 Å². The van der Waals surface area contributed by atoms with E-state index >= 15 is 0 Å². The number of nitro groups is 1. The number of aromatic nitrogens is 1. The van der Waals surface area contributed by atoms with Crippen LogP contribution in [-0.2, 0) is 0 Å². The van der Waals surface area contributed by atoms with E-state index in [4.69, 9.17) is 11.6 Å². The Morgan fingerprint density at radius 3 is 2.83 bits per heavy atom. The minimum atomic E-state index is -0.622. The van der Waals surface area contributed by atoms with E-state index in [0.717, 1.165) is 23.1 Å². The van der Waals surface area contributed by atoms with Crippen LogP contribution in [0.4, 0.5) is 10.8 Å². The van der Waals surface area contributed by atoms with Crippen molar-refractivity contribution in [1.29, 1.82) is 0 Å². The van der Waals surface area contributed by atoms with E-state index < -0.39 is 10.8 Å². The lowest BCUT2D eigenvalue weighted by atomic mass is 10.4. The summed E-state index contributed by atoms with van der Waals surface area (Å²) in [7, 11) is 0. The fourth-order valence-corrected chi connectivity index (χ4v) is 2.97. The molecule has 9 heteroatoms. The monoisotopic (exact) mass is 303 g/mol. The Hall–Kier alpha value is -1.51. The van der Waals surface area contributed by atoms with Crippen molar-refractivity contribution in [3.63, 3.8) is 0 Å². The summed E-state index contributed by atoms with van der Waals surface area (Å²) < 4.78 is -0.0135. The van der Waals surface area contributed by atoms with Crippen molar-refractivity contribution in [2.45, 2.75) is 6.92 Å². The van der Waals surface area contributed by atoms with Crippen LogP contribution in [0.3, 0.4) is 0 Å². The molecule has 0 bridgehead atoms. The molecule has 0 aliphatic carbocycles. The Kier molecular flexibility index (Phi) is 3.60. The van der Waals surface area contributed by atoms with Gasteiger partial charge in [-0.2, -0.15) is 0 Å². The molecule has 6 nitrogen and oxygen atoms in total. The summed E-state index contributed by atoms with van der Waals surface area (Å²) in [5.74, 6) is -0.454. The zero-order valence-electron chi connectivity index (χ0n) is 8.97. The highest BCUT2D eigenvalue weighted by Crippen LogP contribution is 2.34. The zero-order chi connectivity index (χ0) is 13.3. The topological polar surface area (TPSA) is 85.1 Å². The number of anilines is 1. The second-order valence-corrected chi connectivity index (χ2v) is 5.79. The second-order valence-electron chi connectivity index (χ2n) is 3.27. The highest BCUT2D eigenvalue weighted by Gasteiger charge is 2.21. The van der Waals surface area contributed by atoms with Gasteiger partial charge < -0.3 is 0 Å². The third kappa shape index (κ3) is 2.66. The molecule has 94 valence electrons. The lowest BCUT2D eigenvalue weighted by Gasteiger charge is -1.96. The summed E-state index contributed by atoms with van der Waals surface area (Å²) >= 11 is 7.82. The van der Waals surface area contributed by atoms with Crippen molar-refractivity contribution in [3.05, 3.63) is 36.5 Å². The Morgan fingerprint density at radius 2 is 2.33 bits per heavy atom. The van der Waals surface area contributed by atoms with Crippen LogP contribution in [0.5, 0.6) is 0 Å². The standard InChI is InChI=1S/C9H6ClN3O3S2/c1-4-3-17-9(11-4)12-8(14)6-2-5(13(15)16)7(10)18-6/h2-3H,1H3,(H,11,12,14). The number of nitrogens with zero attached hydrogens (tertiary/aromatic N) is 2. The molecule has 2 rings (SSSR count). The van der Waals surface area contributed by atoms with Crippen LogP contribution < -0.4 is 5.32 Å². The molecule has 0 saturated heterocycles. The van der Waals surface area contributed by atoms with E-state index in [1.807, 2.05) is 0 Å². The van der Waals surface area contributed by atoms with Crippen molar-refractivity contribution in [3.8, 4) is 0 Å². The smallest absolute Gasteiger partial charge is 0.297 e. The summed E-state index contributed by atoms with van der Waals surface area (Å²) in [5.41, 5.74) is 0.535. The number of thiazole rings is 1. The van der Waals surface area contributed by atoms with Gasteiger partial charge in [-0.25, -0.2) is 4.98 Å². The minimum Gasteiger partial charge on any atom is -0.297 e. The lowest BCUT2D eigenvalue weighted by molar-refractivity contribution is -0.384. The molecule has 1 amide bonds. The highest BCUT2D eigenvalue weighted by atomic mass is 35.5. The van der Waals surface area contributed by atoms with Gasteiger partial charge in [0.1, 0.15) is 4.88 Å². The van der Waals surface area contributed by atoms with Crippen LogP contribution in [0, 0.1) is 17.0 Å². The Balaban J connectivity index is 2.19.